The van der Waals surface area contributed by atoms with Crippen LogP contribution < -0.4 is 4.72 Å². The molecule has 8 rings (SSSR count). The molecular formula is C38H44ClN5O3S. The second-order valence-electron chi connectivity index (χ2n) is 14.5. The summed E-state index contributed by atoms with van der Waals surface area (Å²) in [4.78, 5) is 23.5. The highest BCUT2D eigenvalue weighted by molar-refractivity contribution is 7.89. The van der Waals surface area contributed by atoms with E-state index in [0.29, 0.717) is 36.2 Å². The smallest absolute Gasteiger partial charge is 0.255 e. The van der Waals surface area contributed by atoms with E-state index in [0.717, 1.165) is 62.8 Å². The molecular weight excluding hydrogens is 642 g/mol. The van der Waals surface area contributed by atoms with Crippen molar-refractivity contribution < 1.29 is 13.2 Å². The zero-order valence-corrected chi connectivity index (χ0v) is 29.1. The second-order valence-corrected chi connectivity index (χ2v) is 16.6. The van der Waals surface area contributed by atoms with Crippen LogP contribution in [0.15, 0.2) is 77.7 Å². The van der Waals surface area contributed by atoms with Crippen molar-refractivity contribution in [3.8, 4) is 0 Å². The lowest BCUT2D eigenvalue weighted by Crippen LogP contribution is -2.49. The van der Waals surface area contributed by atoms with E-state index in [-0.39, 0.29) is 27.8 Å². The quantitative estimate of drug-likeness (QED) is 0.208. The molecule has 1 amide bonds. The largest absolute Gasteiger partial charge is 0.339 e. The molecule has 1 N–H and O–H groups in total. The first-order valence-corrected chi connectivity index (χ1v) is 19.4. The average Bonchev–Trinajstić information content (AvgIpc) is 3.78. The van der Waals surface area contributed by atoms with Gasteiger partial charge in [-0.15, -0.1) is 0 Å². The van der Waals surface area contributed by atoms with Crippen molar-refractivity contribution in [2.45, 2.75) is 99.2 Å². The van der Waals surface area contributed by atoms with Gasteiger partial charge in [0.05, 0.1) is 21.5 Å². The van der Waals surface area contributed by atoms with E-state index in [1.165, 1.54) is 36.1 Å². The van der Waals surface area contributed by atoms with E-state index in [9.17, 15) is 13.2 Å². The summed E-state index contributed by atoms with van der Waals surface area (Å²) in [5.41, 5.74) is 3.77. The molecule has 3 aromatic carbocycles. The number of rotatable bonds is 9. The summed E-state index contributed by atoms with van der Waals surface area (Å²) in [7, 11) is -3.82. The van der Waals surface area contributed by atoms with Crippen molar-refractivity contribution in [2.24, 2.45) is 0 Å². The lowest BCUT2D eigenvalue weighted by Gasteiger charge is -2.45. The molecule has 1 saturated carbocycles. The van der Waals surface area contributed by atoms with Gasteiger partial charge in [0, 0.05) is 42.3 Å². The number of carbonyl (C=O) groups is 1. The Bertz CT molecular complexity index is 1920. The van der Waals surface area contributed by atoms with Gasteiger partial charge in [-0.05, 0) is 113 Å². The lowest BCUT2D eigenvalue weighted by atomic mass is 9.70. The molecule has 3 aliphatic heterocycles. The Morgan fingerprint density at radius 2 is 1.60 bits per heavy atom. The molecule has 0 radical (unpaired) electrons. The Balaban J connectivity index is 0.986. The first-order chi connectivity index (χ1) is 23.2. The minimum absolute atomic E-state index is 0.0152. The number of imidazole rings is 1. The fraction of sp³-hybridized carbons (Fsp3) is 0.474. The summed E-state index contributed by atoms with van der Waals surface area (Å²) in [6, 6.07) is 25.4. The first-order valence-electron chi connectivity index (χ1n) is 17.6. The summed E-state index contributed by atoms with van der Waals surface area (Å²) >= 11 is 6.31. The van der Waals surface area contributed by atoms with Crippen LogP contribution in [0.3, 0.4) is 0 Å². The van der Waals surface area contributed by atoms with Gasteiger partial charge in [0.25, 0.3) is 5.91 Å². The fourth-order valence-electron chi connectivity index (χ4n) is 8.96. The number of nitrogens with zero attached hydrogens (tertiary/aromatic N) is 4. The molecule has 4 aromatic rings. The first kappa shape index (κ1) is 32.0. The number of hydrogen-bond acceptors (Lipinski definition) is 5. The molecule has 10 heteroatoms. The SMILES string of the molecule is Cc1nc2ccccc2n1C1CC2CCC(C1)N2CCC1(c2ccccc2)CCN(C(=O)c2cc(Cl)ccc2S(=O)(=O)NC2CC2)CC1. The van der Waals surface area contributed by atoms with Crippen LogP contribution in [0.25, 0.3) is 11.0 Å². The van der Waals surface area contributed by atoms with Gasteiger partial charge in [-0.2, -0.15) is 0 Å². The van der Waals surface area contributed by atoms with E-state index < -0.39 is 10.0 Å². The van der Waals surface area contributed by atoms with Crippen molar-refractivity contribution >= 4 is 38.6 Å². The topological polar surface area (TPSA) is 87.5 Å². The summed E-state index contributed by atoms with van der Waals surface area (Å²) in [5, 5.41) is 0.356. The third-order valence-corrected chi connectivity index (χ3v) is 13.4. The Morgan fingerprint density at radius 1 is 0.917 bits per heavy atom. The number of nitrogens with one attached hydrogen (secondary N) is 1. The molecule has 8 nitrogen and oxygen atoms in total. The van der Waals surface area contributed by atoms with E-state index in [1.807, 2.05) is 4.90 Å². The Morgan fingerprint density at radius 3 is 2.31 bits per heavy atom. The maximum Gasteiger partial charge on any atom is 0.255 e. The van der Waals surface area contributed by atoms with Crippen LogP contribution in [0.2, 0.25) is 5.02 Å². The minimum atomic E-state index is -3.82. The number of likely N-dealkylation sites (tertiary alicyclic amines) is 1. The minimum Gasteiger partial charge on any atom is -0.339 e. The number of carbonyl (C=O) groups excluding carboxylic acids is 1. The van der Waals surface area contributed by atoms with Crippen LogP contribution in [0.1, 0.15) is 85.6 Å². The van der Waals surface area contributed by atoms with Gasteiger partial charge in [-0.1, -0.05) is 54.1 Å². The fourth-order valence-corrected chi connectivity index (χ4v) is 10.6. The monoisotopic (exact) mass is 685 g/mol. The van der Waals surface area contributed by atoms with E-state index >= 15 is 0 Å². The number of halogens is 1. The maximum absolute atomic E-state index is 14.0. The zero-order valence-electron chi connectivity index (χ0n) is 27.5. The number of benzene rings is 3. The molecule has 252 valence electrons. The maximum atomic E-state index is 14.0. The van der Waals surface area contributed by atoms with Gasteiger partial charge in [0.1, 0.15) is 5.82 Å². The predicted molar refractivity (Wildman–Crippen MR) is 189 cm³/mol. The van der Waals surface area contributed by atoms with Crippen LogP contribution in [-0.4, -0.2) is 71.4 Å². The van der Waals surface area contributed by atoms with E-state index in [4.69, 9.17) is 16.6 Å². The molecule has 4 aliphatic rings. The van der Waals surface area contributed by atoms with Crippen LogP contribution in [0.5, 0.6) is 0 Å². The van der Waals surface area contributed by atoms with E-state index in [2.05, 4.69) is 75.7 Å². The summed E-state index contributed by atoms with van der Waals surface area (Å²) in [5.74, 6) is 0.845. The van der Waals surface area contributed by atoms with Gasteiger partial charge in [-0.25, -0.2) is 18.1 Å². The highest BCUT2D eigenvalue weighted by Gasteiger charge is 2.44. The molecule has 2 bridgehead atoms. The molecule has 4 heterocycles. The van der Waals surface area contributed by atoms with Crippen molar-refractivity contribution in [3.05, 3.63) is 94.8 Å². The average molecular weight is 686 g/mol. The number of amides is 1. The number of aryl methyl sites for hydroxylation is 1. The van der Waals surface area contributed by atoms with Gasteiger partial charge in [0.15, 0.2) is 0 Å². The number of hydrogen-bond donors (Lipinski definition) is 1. The highest BCUT2D eigenvalue weighted by atomic mass is 35.5. The summed E-state index contributed by atoms with van der Waals surface area (Å²) in [6.45, 7) is 4.32. The number of sulfonamides is 1. The van der Waals surface area contributed by atoms with Crippen LogP contribution >= 0.6 is 11.6 Å². The summed E-state index contributed by atoms with van der Waals surface area (Å²) in [6.07, 6.45) is 9.14. The molecule has 1 aromatic heterocycles. The molecule has 48 heavy (non-hydrogen) atoms. The molecule has 4 fully saturated rings. The Labute approximate surface area is 288 Å². The van der Waals surface area contributed by atoms with Crippen molar-refractivity contribution in [1.29, 1.82) is 0 Å². The third-order valence-electron chi connectivity index (χ3n) is 11.6. The molecule has 2 unspecified atom stereocenters. The summed E-state index contributed by atoms with van der Waals surface area (Å²) < 4.78 is 31.6. The van der Waals surface area contributed by atoms with Crippen molar-refractivity contribution in [3.63, 3.8) is 0 Å². The number of para-hydroxylation sites is 2. The van der Waals surface area contributed by atoms with Gasteiger partial charge < -0.3 is 9.47 Å². The normalized spacial score (nSPS) is 24.3. The number of piperidine rings is 2. The molecule has 0 spiro atoms. The Hall–Kier alpha value is -3.24. The van der Waals surface area contributed by atoms with Crippen molar-refractivity contribution in [1.82, 2.24) is 24.1 Å². The van der Waals surface area contributed by atoms with Gasteiger partial charge in [0.2, 0.25) is 10.0 Å². The number of fused-ring (bicyclic) bond motifs is 3. The third kappa shape index (κ3) is 5.97. The molecule has 2 atom stereocenters. The van der Waals surface area contributed by atoms with Crippen LogP contribution in [0, 0.1) is 6.92 Å². The Kier molecular flexibility index (Phi) is 8.38. The molecule has 3 saturated heterocycles. The number of aromatic nitrogens is 2. The second kappa shape index (κ2) is 12.6. The highest BCUT2D eigenvalue weighted by Crippen LogP contribution is 2.45. The van der Waals surface area contributed by atoms with E-state index in [1.54, 1.807) is 6.07 Å². The van der Waals surface area contributed by atoms with Crippen molar-refractivity contribution in [2.75, 3.05) is 19.6 Å². The van der Waals surface area contributed by atoms with Gasteiger partial charge in [-0.3, -0.25) is 9.69 Å². The lowest BCUT2D eigenvalue weighted by molar-refractivity contribution is 0.0603. The predicted octanol–water partition coefficient (Wildman–Crippen LogP) is 6.87. The van der Waals surface area contributed by atoms with Crippen LogP contribution in [0.4, 0.5) is 0 Å². The van der Waals surface area contributed by atoms with Gasteiger partial charge >= 0.3 is 0 Å². The van der Waals surface area contributed by atoms with Crippen LogP contribution in [-0.2, 0) is 15.4 Å². The molecule has 1 aliphatic carbocycles. The standard InChI is InChI=1S/C38H44ClN5O3S/c1-26-40-34-9-5-6-10-35(34)44(26)32-24-30-14-15-31(25-32)43(30)22-19-38(27-7-3-2-4-8-27)17-20-42(21-18-38)37(45)33-23-28(39)11-16-36(33)48(46,47)41-29-12-13-29/h2-11,16,23,29-32,41H,12-15,17-22,24-25H2,1H3. The zero-order chi connectivity index (χ0) is 33.0.